The Morgan fingerprint density at radius 2 is 2.11 bits per heavy atom. The zero-order valence-electron chi connectivity index (χ0n) is 9.88. The van der Waals surface area contributed by atoms with Crippen LogP contribution in [0.1, 0.15) is 24.8 Å². The number of nitrogens with zero attached hydrogens (tertiary/aromatic N) is 1. The summed E-state index contributed by atoms with van der Waals surface area (Å²) in [5, 5.41) is 10.9. The van der Waals surface area contributed by atoms with Gasteiger partial charge in [0.25, 0.3) is 0 Å². The molecule has 1 N–H and O–H groups in total. The number of carbonyl (C=O) groups excluding carboxylic acids is 1. The summed E-state index contributed by atoms with van der Waals surface area (Å²) in [6.07, 6.45) is 1.69. The van der Waals surface area contributed by atoms with E-state index >= 15 is 0 Å². The van der Waals surface area contributed by atoms with Crippen LogP contribution in [0.2, 0.25) is 0 Å². The third-order valence-corrected chi connectivity index (χ3v) is 2.42. The fourth-order valence-electron chi connectivity index (χ4n) is 1.48. The fraction of sp³-hybridized carbons (Fsp3) is 0.385. The van der Waals surface area contributed by atoms with Crippen molar-refractivity contribution in [1.82, 2.24) is 5.32 Å². The van der Waals surface area contributed by atoms with Gasteiger partial charge in [0.15, 0.2) is 11.6 Å². The molecule has 0 spiro atoms. The van der Waals surface area contributed by atoms with Crippen molar-refractivity contribution in [3.8, 4) is 6.07 Å². The molecule has 0 radical (unpaired) electrons. The monoisotopic (exact) mass is 252 g/mol. The summed E-state index contributed by atoms with van der Waals surface area (Å²) in [4.78, 5) is 11.4. The van der Waals surface area contributed by atoms with Crippen LogP contribution in [0.25, 0.3) is 0 Å². The first-order valence-electron chi connectivity index (χ1n) is 5.71. The molecule has 18 heavy (non-hydrogen) atoms. The van der Waals surface area contributed by atoms with Crippen LogP contribution < -0.4 is 5.32 Å². The number of nitrogens with one attached hydrogen (secondary N) is 1. The molecule has 96 valence electrons. The van der Waals surface area contributed by atoms with E-state index in [0.29, 0.717) is 25.8 Å². The Labute approximate surface area is 104 Å². The molecule has 1 aromatic carbocycles. The molecular formula is C13H14F2N2O. The molecule has 3 nitrogen and oxygen atoms in total. The molecule has 1 aromatic rings. The number of hydrogen-bond acceptors (Lipinski definition) is 2. The predicted molar refractivity (Wildman–Crippen MR) is 62.5 cm³/mol. The number of unbranched alkanes of at least 4 members (excludes halogenated alkanes) is 2. The Bertz CT molecular complexity index is 455. The Kier molecular flexibility index (Phi) is 5.78. The van der Waals surface area contributed by atoms with Crippen LogP contribution in [0.3, 0.4) is 0 Å². The van der Waals surface area contributed by atoms with Gasteiger partial charge in [-0.25, -0.2) is 8.78 Å². The van der Waals surface area contributed by atoms with Crippen molar-refractivity contribution in [3.05, 3.63) is 35.4 Å². The molecule has 0 aliphatic carbocycles. The minimum atomic E-state index is -0.975. The molecule has 0 heterocycles. The minimum absolute atomic E-state index is 0.0459. The van der Waals surface area contributed by atoms with E-state index in [1.54, 1.807) is 0 Å². The molecule has 0 fully saturated rings. The first kappa shape index (κ1) is 14.1. The lowest BCUT2D eigenvalue weighted by molar-refractivity contribution is -0.120. The first-order valence-corrected chi connectivity index (χ1v) is 5.71. The first-order chi connectivity index (χ1) is 8.65. The summed E-state index contributed by atoms with van der Waals surface area (Å²) in [6.45, 7) is 0.442. The van der Waals surface area contributed by atoms with E-state index in [0.717, 1.165) is 6.07 Å². The maximum atomic E-state index is 13.3. The average Bonchev–Trinajstić information content (AvgIpc) is 2.35. The Morgan fingerprint density at radius 1 is 1.33 bits per heavy atom. The van der Waals surface area contributed by atoms with Crippen LogP contribution in [0, 0.1) is 23.0 Å². The summed E-state index contributed by atoms with van der Waals surface area (Å²) in [7, 11) is 0. The largest absolute Gasteiger partial charge is 0.356 e. The van der Waals surface area contributed by atoms with Gasteiger partial charge in [-0.05, 0) is 18.9 Å². The van der Waals surface area contributed by atoms with Gasteiger partial charge in [0.1, 0.15) is 0 Å². The topological polar surface area (TPSA) is 52.9 Å². The lowest BCUT2D eigenvalue weighted by Gasteiger charge is -2.05. The SMILES string of the molecule is N#CCCCCNC(=O)Cc1cccc(F)c1F. The molecular weight excluding hydrogens is 238 g/mol. The molecule has 5 heteroatoms. The van der Waals surface area contributed by atoms with Crippen LogP contribution in [-0.2, 0) is 11.2 Å². The molecule has 1 amide bonds. The van der Waals surface area contributed by atoms with Gasteiger partial charge in [0.2, 0.25) is 5.91 Å². The molecule has 0 unspecified atom stereocenters. The Morgan fingerprint density at radius 3 is 2.83 bits per heavy atom. The summed E-state index contributed by atoms with van der Waals surface area (Å²) < 4.78 is 26.1. The lowest BCUT2D eigenvalue weighted by atomic mass is 10.1. The maximum Gasteiger partial charge on any atom is 0.224 e. The van der Waals surface area contributed by atoms with Crippen LogP contribution >= 0.6 is 0 Å². The average molecular weight is 252 g/mol. The molecule has 0 aliphatic rings. The molecule has 0 saturated heterocycles. The fourth-order valence-corrected chi connectivity index (χ4v) is 1.48. The van der Waals surface area contributed by atoms with Crippen molar-refractivity contribution in [2.24, 2.45) is 0 Å². The van der Waals surface area contributed by atoms with Crippen molar-refractivity contribution < 1.29 is 13.6 Å². The second-order valence-electron chi connectivity index (χ2n) is 3.85. The summed E-state index contributed by atoms with van der Waals surface area (Å²) in [5.74, 6) is -2.28. The van der Waals surface area contributed by atoms with Crippen LogP contribution in [0.15, 0.2) is 18.2 Å². The molecule has 0 aliphatic heterocycles. The van der Waals surface area contributed by atoms with Crippen molar-refractivity contribution in [3.63, 3.8) is 0 Å². The standard InChI is InChI=1S/C13H14F2N2O/c14-11-6-4-5-10(13(11)15)9-12(18)17-8-3-1-2-7-16/h4-6H,1-3,8-9H2,(H,17,18). The zero-order valence-corrected chi connectivity index (χ0v) is 9.88. The molecule has 0 atom stereocenters. The van der Waals surface area contributed by atoms with Crippen molar-refractivity contribution in [2.75, 3.05) is 6.54 Å². The number of hydrogen-bond donors (Lipinski definition) is 1. The van der Waals surface area contributed by atoms with Crippen molar-refractivity contribution in [2.45, 2.75) is 25.7 Å². The molecule has 0 aromatic heterocycles. The number of rotatable bonds is 6. The van der Waals surface area contributed by atoms with Crippen molar-refractivity contribution in [1.29, 1.82) is 5.26 Å². The van der Waals surface area contributed by atoms with E-state index in [9.17, 15) is 13.6 Å². The van der Waals surface area contributed by atoms with Gasteiger partial charge < -0.3 is 5.32 Å². The quantitative estimate of drug-likeness (QED) is 0.790. The molecule has 1 rings (SSSR count). The molecule has 0 saturated carbocycles. The highest BCUT2D eigenvalue weighted by atomic mass is 19.2. The number of benzene rings is 1. The smallest absolute Gasteiger partial charge is 0.224 e. The van der Waals surface area contributed by atoms with Gasteiger partial charge >= 0.3 is 0 Å². The molecule has 0 bridgehead atoms. The van der Waals surface area contributed by atoms with E-state index in [2.05, 4.69) is 5.32 Å². The third-order valence-electron chi connectivity index (χ3n) is 2.42. The maximum absolute atomic E-state index is 13.3. The minimum Gasteiger partial charge on any atom is -0.356 e. The van der Waals surface area contributed by atoms with Gasteiger partial charge in [0.05, 0.1) is 12.5 Å². The Balaban J connectivity index is 2.36. The van der Waals surface area contributed by atoms with E-state index in [-0.39, 0.29) is 17.9 Å². The van der Waals surface area contributed by atoms with E-state index < -0.39 is 11.6 Å². The van der Waals surface area contributed by atoms with Gasteiger partial charge in [0, 0.05) is 18.5 Å². The highest BCUT2D eigenvalue weighted by molar-refractivity contribution is 5.78. The van der Waals surface area contributed by atoms with Gasteiger partial charge in [-0.15, -0.1) is 0 Å². The van der Waals surface area contributed by atoms with Gasteiger partial charge in [-0.3, -0.25) is 4.79 Å². The normalized spacial score (nSPS) is 9.83. The highest BCUT2D eigenvalue weighted by Crippen LogP contribution is 2.11. The van der Waals surface area contributed by atoms with E-state index in [1.807, 2.05) is 6.07 Å². The van der Waals surface area contributed by atoms with Crippen LogP contribution in [-0.4, -0.2) is 12.5 Å². The van der Waals surface area contributed by atoms with Crippen LogP contribution in [0.4, 0.5) is 8.78 Å². The number of amides is 1. The van der Waals surface area contributed by atoms with Crippen LogP contribution in [0.5, 0.6) is 0 Å². The highest BCUT2D eigenvalue weighted by Gasteiger charge is 2.10. The number of nitriles is 1. The summed E-state index contributed by atoms with van der Waals surface area (Å²) in [5.41, 5.74) is 0.0459. The lowest BCUT2D eigenvalue weighted by Crippen LogP contribution is -2.26. The van der Waals surface area contributed by atoms with Crippen molar-refractivity contribution >= 4 is 5.91 Å². The van der Waals surface area contributed by atoms with E-state index in [1.165, 1.54) is 12.1 Å². The second kappa shape index (κ2) is 7.38. The second-order valence-corrected chi connectivity index (χ2v) is 3.85. The number of halogens is 2. The number of carbonyl (C=O) groups is 1. The summed E-state index contributed by atoms with van der Waals surface area (Å²) >= 11 is 0. The third kappa shape index (κ3) is 4.50. The van der Waals surface area contributed by atoms with Gasteiger partial charge in [-0.1, -0.05) is 12.1 Å². The predicted octanol–water partition coefficient (Wildman–Crippen LogP) is 2.32. The van der Waals surface area contributed by atoms with E-state index in [4.69, 9.17) is 5.26 Å². The zero-order chi connectivity index (χ0) is 13.4. The van der Waals surface area contributed by atoms with Gasteiger partial charge in [-0.2, -0.15) is 5.26 Å². The Hall–Kier alpha value is -1.96. The summed E-state index contributed by atoms with van der Waals surface area (Å²) in [6, 6.07) is 5.77.